The van der Waals surface area contributed by atoms with Crippen molar-refractivity contribution in [1.82, 2.24) is 4.90 Å². The molecule has 0 spiro atoms. The summed E-state index contributed by atoms with van der Waals surface area (Å²) in [5.74, 6) is -0.429. The van der Waals surface area contributed by atoms with Crippen LogP contribution in [0.3, 0.4) is 0 Å². The first-order valence-corrected chi connectivity index (χ1v) is 7.75. The smallest absolute Gasteiger partial charge is 0.250 e. The van der Waals surface area contributed by atoms with Crippen molar-refractivity contribution in [2.24, 2.45) is 5.73 Å². The number of rotatable bonds is 6. The molecule has 1 aromatic rings. The van der Waals surface area contributed by atoms with E-state index in [2.05, 4.69) is 17.1 Å². The van der Waals surface area contributed by atoms with E-state index in [1.807, 2.05) is 0 Å². The predicted octanol–water partition coefficient (Wildman–Crippen LogP) is 2.04. The van der Waals surface area contributed by atoms with Crippen molar-refractivity contribution in [3.63, 3.8) is 0 Å². The number of anilines is 2. The summed E-state index contributed by atoms with van der Waals surface area (Å²) >= 11 is 0. The van der Waals surface area contributed by atoms with Crippen LogP contribution >= 0.6 is 0 Å². The van der Waals surface area contributed by atoms with Gasteiger partial charge in [0.15, 0.2) is 0 Å². The van der Waals surface area contributed by atoms with Crippen LogP contribution in [0.1, 0.15) is 43.0 Å². The molecule has 5 nitrogen and oxygen atoms in total. The zero-order valence-corrected chi connectivity index (χ0v) is 12.8. The Labute approximate surface area is 126 Å². The zero-order valence-electron chi connectivity index (χ0n) is 12.8. The van der Waals surface area contributed by atoms with Gasteiger partial charge in [-0.3, -0.25) is 4.79 Å². The van der Waals surface area contributed by atoms with Gasteiger partial charge in [-0.15, -0.1) is 0 Å². The molecule has 1 aromatic carbocycles. The van der Waals surface area contributed by atoms with Crippen LogP contribution in [0.2, 0.25) is 0 Å². The molecule has 0 saturated carbocycles. The van der Waals surface area contributed by atoms with E-state index in [9.17, 15) is 4.79 Å². The number of likely N-dealkylation sites (tertiary alicyclic amines) is 1. The minimum atomic E-state index is -0.429. The van der Waals surface area contributed by atoms with Crippen LogP contribution in [0, 0.1) is 0 Å². The third-order valence-corrected chi connectivity index (χ3v) is 4.19. The fourth-order valence-electron chi connectivity index (χ4n) is 2.92. The Bertz CT molecular complexity index is 489. The van der Waals surface area contributed by atoms with E-state index in [0.717, 1.165) is 25.2 Å². The molecule has 5 heteroatoms. The number of nitrogens with zero attached hydrogens (tertiary/aromatic N) is 1. The van der Waals surface area contributed by atoms with Crippen molar-refractivity contribution in [2.45, 2.75) is 38.6 Å². The topological polar surface area (TPSA) is 84.4 Å². The third kappa shape index (κ3) is 4.36. The van der Waals surface area contributed by atoms with E-state index in [1.165, 1.54) is 25.8 Å². The van der Waals surface area contributed by atoms with Crippen LogP contribution < -0.4 is 16.8 Å². The Morgan fingerprint density at radius 1 is 1.43 bits per heavy atom. The van der Waals surface area contributed by atoms with Crippen LogP contribution in [0.25, 0.3) is 0 Å². The van der Waals surface area contributed by atoms with Crippen LogP contribution in [0.5, 0.6) is 0 Å². The average Bonchev–Trinajstić information content (AvgIpc) is 2.45. The van der Waals surface area contributed by atoms with Gasteiger partial charge in [0.25, 0.3) is 5.91 Å². The van der Waals surface area contributed by atoms with Crippen molar-refractivity contribution in [1.29, 1.82) is 0 Å². The minimum absolute atomic E-state index is 0.429. The van der Waals surface area contributed by atoms with Crippen molar-refractivity contribution in [3.05, 3.63) is 23.8 Å². The molecule has 1 fully saturated rings. The van der Waals surface area contributed by atoms with E-state index in [0.29, 0.717) is 17.3 Å². The standard InChI is InChI=1S/C16H26N4O/c1-12-5-2-3-9-20(12)10-4-8-19-15-11-13(17)6-7-14(15)16(18)21/h6-7,11-12,19H,2-5,8-10,17H2,1H3,(H2,18,21). The van der Waals surface area contributed by atoms with Gasteiger partial charge in [-0.05, 0) is 50.9 Å². The van der Waals surface area contributed by atoms with Gasteiger partial charge in [0.2, 0.25) is 0 Å². The predicted molar refractivity (Wildman–Crippen MR) is 87.4 cm³/mol. The maximum atomic E-state index is 11.4. The number of hydrogen-bond donors (Lipinski definition) is 3. The number of carbonyl (C=O) groups is 1. The van der Waals surface area contributed by atoms with Gasteiger partial charge in [0.05, 0.1) is 5.56 Å². The molecular formula is C16H26N4O. The summed E-state index contributed by atoms with van der Waals surface area (Å²) in [7, 11) is 0. The number of carbonyl (C=O) groups excluding carboxylic acids is 1. The maximum absolute atomic E-state index is 11.4. The number of nitrogens with one attached hydrogen (secondary N) is 1. The molecule has 2 rings (SSSR count). The van der Waals surface area contributed by atoms with Crippen molar-refractivity contribution < 1.29 is 4.79 Å². The highest BCUT2D eigenvalue weighted by Gasteiger charge is 2.17. The molecule has 1 amide bonds. The maximum Gasteiger partial charge on any atom is 0.250 e. The molecule has 0 aromatic heterocycles. The van der Waals surface area contributed by atoms with E-state index >= 15 is 0 Å². The summed E-state index contributed by atoms with van der Waals surface area (Å²) in [6, 6.07) is 5.82. The minimum Gasteiger partial charge on any atom is -0.399 e. The van der Waals surface area contributed by atoms with E-state index in [1.54, 1.807) is 18.2 Å². The lowest BCUT2D eigenvalue weighted by Crippen LogP contribution is -2.38. The van der Waals surface area contributed by atoms with Crippen LogP contribution in [-0.2, 0) is 0 Å². The van der Waals surface area contributed by atoms with Gasteiger partial charge < -0.3 is 21.7 Å². The van der Waals surface area contributed by atoms with Crippen LogP contribution in [0.15, 0.2) is 18.2 Å². The lowest BCUT2D eigenvalue weighted by molar-refractivity contribution is 0.100. The summed E-state index contributed by atoms with van der Waals surface area (Å²) in [5.41, 5.74) is 13.0. The normalized spacial score (nSPS) is 19.4. The zero-order chi connectivity index (χ0) is 15.2. The number of benzene rings is 1. The number of nitrogen functional groups attached to an aromatic ring is 1. The van der Waals surface area contributed by atoms with Gasteiger partial charge in [0.1, 0.15) is 0 Å². The molecular weight excluding hydrogens is 264 g/mol. The fraction of sp³-hybridized carbons (Fsp3) is 0.562. The summed E-state index contributed by atoms with van der Waals surface area (Å²) < 4.78 is 0. The SMILES string of the molecule is CC1CCCCN1CCCNc1cc(N)ccc1C(N)=O. The monoisotopic (exact) mass is 290 g/mol. The van der Waals surface area contributed by atoms with Gasteiger partial charge >= 0.3 is 0 Å². The highest BCUT2D eigenvalue weighted by molar-refractivity contribution is 5.99. The van der Waals surface area contributed by atoms with Crippen molar-refractivity contribution >= 4 is 17.3 Å². The summed E-state index contributed by atoms with van der Waals surface area (Å²) in [5, 5.41) is 3.28. The number of hydrogen-bond acceptors (Lipinski definition) is 4. The molecule has 5 N–H and O–H groups in total. The largest absolute Gasteiger partial charge is 0.399 e. The van der Waals surface area contributed by atoms with Gasteiger partial charge in [0, 0.05) is 30.5 Å². The number of amides is 1. The second-order valence-electron chi connectivity index (χ2n) is 5.83. The highest BCUT2D eigenvalue weighted by Crippen LogP contribution is 2.19. The lowest BCUT2D eigenvalue weighted by Gasteiger charge is -2.33. The van der Waals surface area contributed by atoms with Gasteiger partial charge in [-0.25, -0.2) is 0 Å². The van der Waals surface area contributed by atoms with Crippen LogP contribution in [0.4, 0.5) is 11.4 Å². The second kappa shape index (κ2) is 7.31. The molecule has 0 radical (unpaired) electrons. The molecule has 1 unspecified atom stereocenters. The molecule has 0 aliphatic carbocycles. The van der Waals surface area contributed by atoms with Gasteiger partial charge in [-0.2, -0.15) is 0 Å². The molecule has 0 bridgehead atoms. The summed E-state index contributed by atoms with van der Waals surface area (Å²) in [6.07, 6.45) is 4.99. The molecule has 1 heterocycles. The van der Waals surface area contributed by atoms with E-state index in [-0.39, 0.29) is 0 Å². The molecule has 1 aliphatic heterocycles. The molecule has 116 valence electrons. The molecule has 1 aliphatic rings. The Balaban J connectivity index is 1.83. The van der Waals surface area contributed by atoms with Crippen LogP contribution in [-0.4, -0.2) is 36.5 Å². The van der Waals surface area contributed by atoms with E-state index in [4.69, 9.17) is 11.5 Å². The number of nitrogens with two attached hydrogens (primary N) is 2. The average molecular weight is 290 g/mol. The molecule has 21 heavy (non-hydrogen) atoms. The Kier molecular flexibility index (Phi) is 5.44. The first-order chi connectivity index (χ1) is 10.1. The second-order valence-corrected chi connectivity index (χ2v) is 5.83. The van der Waals surface area contributed by atoms with Crippen molar-refractivity contribution in [3.8, 4) is 0 Å². The first-order valence-electron chi connectivity index (χ1n) is 7.75. The van der Waals surface area contributed by atoms with Crippen molar-refractivity contribution in [2.75, 3.05) is 30.7 Å². The molecule has 1 saturated heterocycles. The van der Waals surface area contributed by atoms with Gasteiger partial charge in [-0.1, -0.05) is 6.42 Å². The number of primary amides is 1. The lowest BCUT2D eigenvalue weighted by atomic mass is 10.0. The Morgan fingerprint density at radius 2 is 2.24 bits per heavy atom. The number of piperidine rings is 1. The Morgan fingerprint density at radius 3 is 2.95 bits per heavy atom. The third-order valence-electron chi connectivity index (χ3n) is 4.19. The quantitative estimate of drug-likeness (QED) is 0.553. The van der Waals surface area contributed by atoms with E-state index < -0.39 is 5.91 Å². The highest BCUT2D eigenvalue weighted by atomic mass is 16.1. The molecule has 1 atom stereocenters. The fourth-order valence-corrected chi connectivity index (χ4v) is 2.92. The first kappa shape index (κ1) is 15.6. The summed E-state index contributed by atoms with van der Waals surface area (Å²) in [4.78, 5) is 13.9. The Hall–Kier alpha value is -1.75. The summed E-state index contributed by atoms with van der Waals surface area (Å²) in [6.45, 7) is 5.40.